The van der Waals surface area contributed by atoms with Crippen molar-refractivity contribution in [2.24, 2.45) is 5.92 Å². The summed E-state index contributed by atoms with van der Waals surface area (Å²) in [5.41, 5.74) is 1.12. The van der Waals surface area contributed by atoms with Crippen LogP contribution in [0.25, 0.3) is 0 Å². The lowest BCUT2D eigenvalue weighted by Gasteiger charge is -2.34. The second-order valence-corrected chi connectivity index (χ2v) is 7.96. The number of hydrogen-bond donors (Lipinski definition) is 1. The van der Waals surface area contributed by atoms with Gasteiger partial charge in [0.05, 0.1) is 0 Å². The Morgan fingerprint density at radius 2 is 1.74 bits per heavy atom. The van der Waals surface area contributed by atoms with Crippen LogP contribution >= 0.6 is 11.6 Å². The molecule has 0 spiro atoms. The first kappa shape index (κ1) is 21.7. The predicted molar refractivity (Wildman–Crippen MR) is 110 cm³/mol. The highest BCUT2D eigenvalue weighted by molar-refractivity contribution is 6.30. The Bertz CT molecular complexity index is 610. The van der Waals surface area contributed by atoms with Gasteiger partial charge in [0.15, 0.2) is 0 Å². The molecule has 5 nitrogen and oxygen atoms in total. The number of nitrogens with zero attached hydrogens (tertiary/aromatic N) is 2. The SMILES string of the molecule is CCN1CCN(C(=O)CCNC(=O)CC(c2ccc(Cl)cc2)C(C)C)CC1. The molecule has 1 N–H and O–H groups in total. The Kier molecular flexibility index (Phi) is 8.58. The molecule has 0 aliphatic carbocycles. The van der Waals surface area contributed by atoms with Gasteiger partial charge in [0.25, 0.3) is 0 Å². The zero-order valence-electron chi connectivity index (χ0n) is 16.7. The van der Waals surface area contributed by atoms with E-state index >= 15 is 0 Å². The molecule has 27 heavy (non-hydrogen) atoms. The number of rotatable bonds is 8. The van der Waals surface area contributed by atoms with E-state index < -0.39 is 0 Å². The normalized spacial score (nSPS) is 16.4. The molecule has 1 aliphatic heterocycles. The standard InChI is InChI=1S/C21H32ClN3O2/c1-4-24-11-13-25(14-12-24)21(27)9-10-23-20(26)15-19(16(2)3)17-5-7-18(22)8-6-17/h5-8,16,19H,4,9-15H2,1-3H3,(H,23,26). The van der Waals surface area contributed by atoms with E-state index in [1.165, 1.54) is 0 Å². The van der Waals surface area contributed by atoms with Gasteiger partial charge in [-0.3, -0.25) is 9.59 Å². The number of carbonyl (C=O) groups excluding carboxylic acids is 2. The second-order valence-electron chi connectivity index (χ2n) is 7.52. The summed E-state index contributed by atoms with van der Waals surface area (Å²) in [6.45, 7) is 11.2. The summed E-state index contributed by atoms with van der Waals surface area (Å²) in [4.78, 5) is 28.9. The number of piperazine rings is 1. The molecule has 150 valence electrons. The van der Waals surface area contributed by atoms with E-state index in [-0.39, 0.29) is 17.7 Å². The first-order valence-corrected chi connectivity index (χ1v) is 10.3. The molecular weight excluding hydrogens is 362 g/mol. The maximum absolute atomic E-state index is 12.4. The van der Waals surface area contributed by atoms with Crippen molar-refractivity contribution >= 4 is 23.4 Å². The van der Waals surface area contributed by atoms with Crippen LogP contribution in [0, 0.1) is 5.92 Å². The average molecular weight is 394 g/mol. The molecule has 2 rings (SSSR count). The van der Waals surface area contributed by atoms with Gasteiger partial charge in [-0.05, 0) is 36.1 Å². The minimum absolute atomic E-state index is 0.00717. The van der Waals surface area contributed by atoms with Gasteiger partial charge in [-0.2, -0.15) is 0 Å². The molecule has 0 aromatic heterocycles. The summed E-state index contributed by atoms with van der Waals surface area (Å²) < 4.78 is 0. The van der Waals surface area contributed by atoms with Crippen molar-refractivity contribution in [1.82, 2.24) is 15.1 Å². The topological polar surface area (TPSA) is 52.6 Å². The molecule has 0 bridgehead atoms. The fourth-order valence-electron chi connectivity index (χ4n) is 3.50. The van der Waals surface area contributed by atoms with Gasteiger partial charge in [-0.1, -0.05) is 44.5 Å². The fraction of sp³-hybridized carbons (Fsp3) is 0.619. The van der Waals surface area contributed by atoms with Gasteiger partial charge in [0.2, 0.25) is 11.8 Å². The summed E-state index contributed by atoms with van der Waals surface area (Å²) in [5, 5.41) is 3.61. The minimum Gasteiger partial charge on any atom is -0.356 e. The Hall–Kier alpha value is -1.59. The van der Waals surface area contributed by atoms with Gasteiger partial charge in [-0.15, -0.1) is 0 Å². The molecule has 1 aromatic rings. The summed E-state index contributed by atoms with van der Waals surface area (Å²) in [5.74, 6) is 0.602. The number of likely N-dealkylation sites (N-methyl/N-ethyl adjacent to an activating group) is 1. The molecule has 0 saturated carbocycles. The van der Waals surface area contributed by atoms with Crippen molar-refractivity contribution < 1.29 is 9.59 Å². The molecule has 1 fully saturated rings. The number of nitrogens with one attached hydrogen (secondary N) is 1. The van der Waals surface area contributed by atoms with Crippen molar-refractivity contribution in [3.05, 3.63) is 34.9 Å². The predicted octanol–water partition coefficient (Wildman–Crippen LogP) is 3.14. The quantitative estimate of drug-likeness (QED) is 0.738. The monoisotopic (exact) mass is 393 g/mol. The highest BCUT2D eigenvalue weighted by atomic mass is 35.5. The van der Waals surface area contributed by atoms with Crippen molar-refractivity contribution in [2.45, 2.75) is 39.5 Å². The largest absolute Gasteiger partial charge is 0.356 e. The lowest BCUT2D eigenvalue weighted by molar-refractivity contribution is -0.132. The third kappa shape index (κ3) is 6.82. The Balaban J connectivity index is 1.76. The van der Waals surface area contributed by atoms with E-state index in [0.717, 1.165) is 38.3 Å². The fourth-order valence-corrected chi connectivity index (χ4v) is 3.63. The molecule has 1 unspecified atom stereocenters. The third-order valence-corrected chi connectivity index (χ3v) is 5.59. The molecular formula is C21H32ClN3O2. The van der Waals surface area contributed by atoms with E-state index in [0.29, 0.717) is 30.3 Å². The number of halogens is 1. The van der Waals surface area contributed by atoms with Gasteiger partial charge < -0.3 is 15.1 Å². The number of amides is 2. The average Bonchev–Trinajstić information content (AvgIpc) is 2.66. The van der Waals surface area contributed by atoms with Crippen LogP contribution in [0.5, 0.6) is 0 Å². The second kappa shape index (κ2) is 10.7. The highest BCUT2D eigenvalue weighted by Crippen LogP contribution is 2.28. The molecule has 1 aromatic carbocycles. The highest BCUT2D eigenvalue weighted by Gasteiger charge is 2.21. The van der Waals surface area contributed by atoms with Crippen LogP contribution in [-0.2, 0) is 9.59 Å². The van der Waals surface area contributed by atoms with E-state index in [2.05, 4.69) is 31.0 Å². The molecule has 1 aliphatic rings. The molecule has 2 amide bonds. The van der Waals surface area contributed by atoms with Crippen LogP contribution in [0.3, 0.4) is 0 Å². The lowest BCUT2D eigenvalue weighted by atomic mass is 9.85. The Morgan fingerprint density at radius 3 is 2.30 bits per heavy atom. The van der Waals surface area contributed by atoms with E-state index in [1.54, 1.807) is 0 Å². The van der Waals surface area contributed by atoms with Crippen molar-refractivity contribution in [3.63, 3.8) is 0 Å². The molecule has 0 radical (unpaired) electrons. The van der Waals surface area contributed by atoms with E-state index in [1.807, 2.05) is 29.2 Å². The van der Waals surface area contributed by atoms with E-state index in [9.17, 15) is 9.59 Å². The maximum atomic E-state index is 12.4. The zero-order valence-corrected chi connectivity index (χ0v) is 17.5. The number of benzene rings is 1. The first-order chi connectivity index (χ1) is 12.9. The summed E-state index contributed by atoms with van der Waals surface area (Å²) in [6, 6.07) is 7.70. The van der Waals surface area contributed by atoms with Crippen LogP contribution in [-0.4, -0.2) is 60.9 Å². The van der Waals surface area contributed by atoms with Crippen LogP contribution < -0.4 is 5.32 Å². The van der Waals surface area contributed by atoms with Crippen molar-refractivity contribution in [1.29, 1.82) is 0 Å². The summed E-state index contributed by atoms with van der Waals surface area (Å²) in [7, 11) is 0. The smallest absolute Gasteiger partial charge is 0.224 e. The van der Waals surface area contributed by atoms with Crippen LogP contribution in [0.4, 0.5) is 0 Å². The Morgan fingerprint density at radius 1 is 1.11 bits per heavy atom. The van der Waals surface area contributed by atoms with E-state index in [4.69, 9.17) is 11.6 Å². The van der Waals surface area contributed by atoms with Gasteiger partial charge in [0, 0.05) is 50.6 Å². The van der Waals surface area contributed by atoms with Crippen LogP contribution in [0.15, 0.2) is 24.3 Å². The maximum Gasteiger partial charge on any atom is 0.224 e. The third-order valence-electron chi connectivity index (χ3n) is 5.34. The molecule has 1 atom stereocenters. The van der Waals surface area contributed by atoms with Crippen LogP contribution in [0.1, 0.15) is 45.1 Å². The lowest BCUT2D eigenvalue weighted by Crippen LogP contribution is -2.49. The molecule has 6 heteroatoms. The van der Waals surface area contributed by atoms with Crippen LogP contribution in [0.2, 0.25) is 5.02 Å². The first-order valence-electron chi connectivity index (χ1n) is 9.93. The van der Waals surface area contributed by atoms with Crippen molar-refractivity contribution in [3.8, 4) is 0 Å². The van der Waals surface area contributed by atoms with Crippen molar-refractivity contribution in [2.75, 3.05) is 39.3 Å². The van der Waals surface area contributed by atoms with Gasteiger partial charge >= 0.3 is 0 Å². The number of carbonyl (C=O) groups is 2. The Labute approximate surface area is 168 Å². The van der Waals surface area contributed by atoms with Gasteiger partial charge in [-0.25, -0.2) is 0 Å². The zero-order chi connectivity index (χ0) is 19.8. The summed E-state index contributed by atoms with van der Waals surface area (Å²) in [6.07, 6.45) is 0.786. The molecule has 1 heterocycles. The minimum atomic E-state index is -0.00717. The summed E-state index contributed by atoms with van der Waals surface area (Å²) >= 11 is 5.96. The number of hydrogen-bond acceptors (Lipinski definition) is 3. The molecule has 1 saturated heterocycles. The van der Waals surface area contributed by atoms with Gasteiger partial charge in [0.1, 0.15) is 0 Å².